The Hall–Kier alpha value is -2.76. The van der Waals surface area contributed by atoms with Crippen molar-refractivity contribution in [3.05, 3.63) is 53.8 Å². The lowest BCUT2D eigenvalue weighted by Crippen LogP contribution is -2.30. The van der Waals surface area contributed by atoms with Crippen LogP contribution in [0.25, 0.3) is 0 Å². The van der Waals surface area contributed by atoms with Gasteiger partial charge in [0.2, 0.25) is 0 Å². The van der Waals surface area contributed by atoms with Crippen LogP contribution in [0.2, 0.25) is 0 Å². The van der Waals surface area contributed by atoms with E-state index in [4.69, 9.17) is 10.5 Å². The van der Waals surface area contributed by atoms with E-state index in [-0.39, 0.29) is 11.3 Å². The number of nitrogens with two attached hydrogens (primary N) is 1. The molecule has 0 aromatic heterocycles. The van der Waals surface area contributed by atoms with Crippen LogP contribution in [0, 0.1) is 5.82 Å². The Morgan fingerprint density at radius 1 is 1.25 bits per heavy atom. The summed E-state index contributed by atoms with van der Waals surface area (Å²) < 4.78 is 18.6. The lowest BCUT2D eigenvalue weighted by Gasteiger charge is -2.11. The molecule has 1 amide bonds. The highest BCUT2D eigenvalue weighted by Gasteiger charge is 2.14. The molecule has 0 bridgehead atoms. The normalized spacial score (nSPS) is 9.90. The maximum Gasteiger partial charge on any atom is 0.274 e. The highest BCUT2D eigenvalue weighted by atomic mass is 19.1. The maximum atomic E-state index is 13.6. The zero-order chi connectivity index (χ0) is 14.5. The highest BCUT2D eigenvalue weighted by Crippen LogP contribution is 2.17. The molecule has 0 saturated carbocycles. The molecule has 2 aromatic carbocycles. The van der Waals surface area contributed by atoms with Crippen molar-refractivity contribution >= 4 is 17.3 Å². The number of nitrogens with one attached hydrogen (secondary N) is 2. The van der Waals surface area contributed by atoms with Gasteiger partial charge in [-0.3, -0.25) is 15.6 Å². The monoisotopic (exact) mass is 275 g/mol. The van der Waals surface area contributed by atoms with Gasteiger partial charge in [-0.15, -0.1) is 0 Å². The highest BCUT2D eigenvalue weighted by molar-refractivity contribution is 5.99. The van der Waals surface area contributed by atoms with Crippen molar-refractivity contribution in [2.24, 2.45) is 0 Å². The van der Waals surface area contributed by atoms with Gasteiger partial charge in [-0.25, -0.2) is 4.39 Å². The summed E-state index contributed by atoms with van der Waals surface area (Å²) in [7, 11) is 1.54. The molecule has 0 spiro atoms. The number of nitrogen functional groups attached to an aromatic ring is 1. The first-order chi connectivity index (χ1) is 9.61. The quantitative estimate of drug-likeness (QED) is 0.590. The van der Waals surface area contributed by atoms with Crippen LogP contribution in [0.4, 0.5) is 15.8 Å². The minimum atomic E-state index is -0.671. The Morgan fingerprint density at radius 3 is 2.70 bits per heavy atom. The van der Waals surface area contributed by atoms with Gasteiger partial charge in [0, 0.05) is 11.8 Å². The van der Waals surface area contributed by atoms with E-state index in [1.807, 2.05) is 0 Å². The average Bonchev–Trinajstić information content (AvgIpc) is 2.45. The molecule has 0 unspecified atom stereocenters. The Bertz CT molecular complexity index is 611. The first-order valence-corrected chi connectivity index (χ1v) is 5.86. The fraction of sp³-hybridized carbons (Fsp3) is 0.0714. The molecule has 104 valence electrons. The summed E-state index contributed by atoms with van der Waals surface area (Å²) in [6.07, 6.45) is 0. The van der Waals surface area contributed by atoms with E-state index >= 15 is 0 Å². The summed E-state index contributed by atoms with van der Waals surface area (Å²) >= 11 is 0. The van der Waals surface area contributed by atoms with E-state index in [1.165, 1.54) is 25.3 Å². The van der Waals surface area contributed by atoms with Gasteiger partial charge in [0.1, 0.15) is 11.6 Å². The van der Waals surface area contributed by atoms with Gasteiger partial charge in [0.05, 0.1) is 18.4 Å². The lowest BCUT2D eigenvalue weighted by atomic mass is 10.1. The molecule has 20 heavy (non-hydrogen) atoms. The van der Waals surface area contributed by atoms with Crippen LogP contribution < -0.4 is 21.3 Å². The van der Waals surface area contributed by atoms with Crippen molar-refractivity contribution < 1.29 is 13.9 Å². The summed E-state index contributed by atoms with van der Waals surface area (Å²) in [6.45, 7) is 0. The molecule has 0 aliphatic carbocycles. The second-order valence-electron chi connectivity index (χ2n) is 4.02. The molecule has 0 saturated heterocycles. The number of rotatable bonds is 4. The first kappa shape index (κ1) is 13.7. The van der Waals surface area contributed by atoms with Crippen molar-refractivity contribution in [2.75, 3.05) is 18.3 Å². The van der Waals surface area contributed by atoms with Gasteiger partial charge in [-0.1, -0.05) is 12.1 Å². The second-order valence-corrected chi connectivity index (χ2v) is 4.02. The van der Waals surface area contributed by atoms with Crippen LogP contribution >= 0.6 is 0 Å². The fourth-order valence-electron chi connectivity index (χ4n) is 1.67. The third-order valence-electron chi connectivity index (χ3n) is 2.66. The summed E-state index contributed by atoms with van der Waals surface area (Å²) in [5.74, 6) is -0.687. The lowest BCUT2D eigenvalue weighted by molar-refractivity contribution is 0.0959. The molecular formula is C14H14FN3O2. The SMILES string of the molecule is COc1cccc(NNC(=O)c2c(N)cccc2F)c1. The fourth-order valence-corrected chi connectivity index (χ4v) is 1.67. The number of methoxy groups -OCH3 is 1. The minimum absolute atomic E-state index is 0.0787. The van der Waals surface area contributed by atoms with Gasteiger partial charge >= 0.3 is 0 Å². The van der Waals surface area contributed by atoms with Gasteiger partial charge in [0.15, 0.2) is 0 Å². The predicted octanol–water partition coefficient (Wildman–Crippen LogP) is 2.17. The van der Waals surface area contributed by atoms with E-state index in [1.54, 1.807) is 24.3 Å². The number of halogens is 1. The summed E-state index contributed by atoms with van der Waals surface area (Å²) in [5, 5.41) is 0. The van der Waals surface area contributed by atoms with E-state index in [9.17, 15) is 9.18 Å². The number of hydrazine groups is 1. The van der Waals surface area contributed by atoms with E-state index in [2.05, 4.69) is 10.9 Å². The number of carbonyl (C=O) groups excluding carboxylic acids is 1. The molecule has 2 rings (SSSR count). The number of benzene rings is 2. The molecule has 0 aliphatic rings. The Kier molecular flexibility index (Phi) is 4.05. The molecular weight excluding hydrogens is 261 g/mol. The molecule has 0 atom stereocenters. The number of hydrogen-bond donors (Lipinski definition) is 3. The average molecular weight is 275 g/mol. The third kappa shape index (κ3) is 2.97. The zero-order valence-electron chi connectivity index (χ0n) is 10.8. The van der Waals surface area contributed by atoms with Crippen LogP contribution in [0.3, 0.4) is 0 Å². The summed E-state index contributed by atoms with van der Waals surface area (Å²) in [6, 6.07) is 11.0. The number of carbonyl (C=O) groups is 1. The number of anilines is 2. The third-order valence-corrected chi connectivity index (χ3v) is 2.66. The van der Waals surface area contributed by atoms with Crippen LogP contribution in [-0.2, 0) is 0 Å². The molecule has 5 nitrogen and oxygen atoms in total. The number of amides is 1. The Balaban J connectivity index is 2.09. The predicted molar refractivity (Wildman–Crippen MR) is 74.9 cm³/mol. The molecule has 4 N–H and O–H groups in total. The molecule has 0 radical (unpaired) electrons. The van der Waals surface area contributed by atoms with Crippen LogP contribution in [0.1, 0.15) is 10.4 Å². The van der Waals surface area contributed by atoms with Crippen molar-refractivity contribution in [3.63, 3.8) is 0 Å². The molecule has 6 heteroatoms. The van der Waals surface area contributed by atoms with Crippen molar-refractivity contribution in [2.45, 2.75) is 0 Å². The first-order valence-electron chi connectivity index (χ1n) is 5.86. The van der Waals surface area contributed by atoms with E-state index in [0.717, 1.165) is 0 Å². The van der Waals surface area contributed by atoms with Crippen LogP contribution in [0.15, 0.2) is 42.5 Å². The number of hydrogen-bond acceptors (Lipinski definition) is 4. The van der Waals surface area contributed by atoms with Crippen LogP contribution in [-0.4, -0.2) is 13.0 Å². The summed E-state index contributed by atoms with van der Waals surface area (Å²) in [5.41, 5.74) is 11.1. The molecule has 0 heterocycles. The van der Waals surface area contributed by atoms with Gasteiger partial charge in [0.25, 0.3) is 5.91 Å². The van der Waals surface area contributed by atoms with Crippen molar-refractivity contribution in [1.29, 1.82) is 0 Å². The Morgan fingerprint density at radius 2 is 2.00 bits per heavy atom. The molecule has 0 fully saturated rings. The second kappa shape index (κ2) is 5.92. The molecule has 2 aromatic rings. The molecule has 0 aliphatic heterocycles. The standard InChI is InChI=1S/C14H14FN3O2/c1-20-10-5-2-4-9(8-10)17-18-14(19)13-11(15)6-3-7-12(13)16/h2-8,17H,16H2,1H3,(H,18,19). The van der Waals surface area contributed by atoms with Gasteiger partial charge in [-0.2, -0.15) is 0 Å². The Labute approximate surface area is 115 Å². The van der Waals surface area contributed by atoms with Gasteiger partial charge in [-0.05, 0) is 24.3 Å². The smallest absolute Gasteiger partial charge is 0.274 e. The van der Waals surface area contributed by atoms with Crippen LogP contribution in [0.5, 0.6) is 5.75 Å². The minimum Gasteiger partial charge on any atom is -0.497 e. The van der Waals surface area contributed by atoms with E-state index in [0.29, 0.717) is 11.4 Å². The van der Waals surface area contributed by atoms with E-state index < -0.39 is 11.7 Å². The van der Waals surface area contributed by atoms with Crippen molar-refractivity contribution in [1.82, 2.24) is 5.43 Å². The zero-order valence-corrected chi connectivity index (χ0v) is 10.8. The summed E-state index contributed by atoms with van der Waals surface area (Å²) in [4.78, 5) is 11.9. The topological polar surface area (TPSA) is 76.4 Å². The number of ether oxygens (including phenoxy) is 1. The van der Waals surface area contributed by atoms with Crippen molar-refractivity contribution in [3.8, 4) is 5.75 Å². The maximum absolute atomic E-state index is 13.6. The van der Waals surface area contributed by atoms with Gasteiger partial charge < -0.3 is 10.5 Å². The largest absolute Gasteiger partial charge is 0.497 e.